The van der Waals surface area contributed by atoms with Crippen LogP contribution in [0, 0.1) is 13.8 Å². The maximum absolute atomic E-state index is 11.0. The minimum Gasteiger partial charge on any atom is -0.477 e. The quantitative estimate of drug-likeness (QED) is 0.451. The molecule has 0 saturated heterocycles. The lowest BCUT2D eigenvalue weighted by atomic mass is 10.1. The molecule has 0 bridgehead atoms. The Kier molecular flexibility index (Phi) is 5.50. The lowest BCUT2D eigenvalue weighted by Crippen LogP contribution is -1.94. The fraction of sp³-hybridized carbons (Fsp3) is 0.0833. The average molecular weight is 414 g/mol. The molecule has 6 heteroatoms. The van der Waals surface area contributed by atoms with E-state index in [2.05, 4.69) is 9.97 Å². The summed E-state index contributed by atoms with van der Waals surface area (Å²) in [6, 6.07) is 15.3. The third-order valence-electron chi connectivity index (χ3n) is 4.47. The molecule has 0 fully saturated rings. The summed E-state index contributed by atoms with van der Waals surface area (Å²) in [5.74, 6) is -0.907. The number of aromatic carboxylic acids is 1. The zero-order valence-electron chi connectivity index (χ0n) is 16.5. The first kappa shape index (κ1) is 19.7. The number of hydrogen-bond donors (Lipinski definition) is 1. The van der Waals surface area contributed by atoms with Crippen molar-refractivity contribution in [2.75, 3.05) is 0 Å². The van der Waals surface area contributed by atoms with Crippen molar-refractivity contribution < 1.29 is 9.90 Å². The van der Waals surface area contributed by atoms with Crippen LogP contribution in [0.15, 0.2) is 60.9 Å². The Hall–Kier alpha value is -3.64. The third kappa shape index (κ3) is 4.50. The Bertz CT molecular complexity index is 1260. The molecule has 0 aromatic carbocycles. The zero-order chi connectivity index (χ0) is 21.1. The van der Waals surface area contributed by atoms with Gasteiger partial charge >= 0.3 is 5.97 Å². The monoisotopic (exact) mass is 413 g/mol. The molecule has 0 aliphatic rings. The van der Waals surface area contributed by atoms with Crippen LogP contribution in [0.5, 0.6) is 0 Å². The van der Waals surface area contributed by atoms with Gasteiger partial charge in [-0.3, -0.25) is 9.97 Å². The molecular formula is C24H19N3O2S. The second-order valence-corrected chi connectivity index (χ2v) is 8.06. The predicted octanol–water partition coefficient (Wildman–Crippen LogP) is 5.75. The van der Waals surface area contributed by atoms with Crippen molar-refractivity contribution in [1.29, 1.82) is 0 Å². The highest BCUT2D eigenvalue weighted by molar-refractivity contribution is 7.14. The lowest BCUT2D eigenvalue weighted by Gasteiger charge is -2.07. The third-order valence-corrected chi connectivity index (χ3v) is 5.51. The Balaban J connectivity index is 1.65. The first-order chi connectivity index (χ1) is 14.5. The van der Waals surface area contributed by atoms with Crippen LogP contribution in [0.25, 0.3) is 34.9 Å². The van der Waals surface area contributed by atoms with E-state index in [4.69, 9.17) is 10.1 Å². The number of carboxylic acids is 1. The fourth-order valence-electron chi connectivity index (χ4n) is 3.03. The summed E-state index contributed by atoms with van der Waals surface area (Å²) in [7, 11) is 0. The molecule has 0 spiro atoms. The van der Waals surface area contributed by atoms with E-state index in [-0.39, 0.29) is 0 Å². The Morgan fingerprint density at radius 1 is 0.833 bits per heavy atom. The van der Waals surface area contributed by atoms with Gasteiger partial charge in [-0.25, -0.2) is 9.78 Å². The van der Waals surface area contributed by atoms with Crippen LogP contribution >= 0.6 is 11.3 Å². The molecule has 4 aromatic heterocycles. The SMILES string of the molecule is Cc1ccnc(-c2cc(C)cc(-c3cc(C=Cc4ccc(C(=O)O)s4)ccn3)n2)c1. The summed E-state index contributed by atoms with van der Waals surface area (Å²) in [5.41, 5.74) is 6.39. The van der Waals surface area contributed by atoms with Gasteiger partial charge in [-0.05, 0) is 85.1 Å². The number of aromatic nitrogens is 3. The van der Waals surface area contributed by atoms with Crippen molar-refractivity contribution in [3.05, 3.63) is 87.4 Å². The molecule has 4 aromatic rings. The van der Waals surface area contributed by atoms with Gasteiger partial charge in [0.2, 0.25) is 0 Å². The number of carboxylic acid groups (broad SMARTS) is 1. The predicted molar refractivity (Wildman–Crippen MR) is 120 cm³/mol. The van der Waals surface area contributed by atoms with Crippen LogP contribution in [-0.2, 0) is 0 Å². The van der Waals surface area contributed by atoms with E-state index in [1.165, 1.54) is 11.3 Å². The van der Waals surface area contributed by atoms with Gasteiger partial charge in [0.1, 0.15) is 4.88 Å². The van der Waals surface area contributed by atoms with Crippen molar-refractivity contribution >= 4 is 29.5 Å². The molecule has 4 heterocycles. The number of hydrogen-bond acceptors (Lipinski definition) is 5. The summed E-state index contributed by atoms with van der Waals surface area (Å²) in [5, 5.41) is 9.05. The smallest absolute Gasteiger partial charge is 0.345 e. The largest absolute Gasteiger partial charge is 0.477 e. The maximum atomic E-state index is 11.0. The molecule has 30 heavy (non-hydrogen) atoms. The topological polar surface area (TPSA) is 76.0 Å². The van der Waals surface area contributed by atoms with Gasteiger partial charge in [-0.15, -0.1) is 11.3 Å². The Morgan fingerprint density at radius 2 is 1.50 bits per heavy atom. The van der Waals surface area contributed by atoms with Crippen molar-refractivity contribution in [2.45, 2.75) is 13.8 Å². The van der Waals surface area contributed by atoms with Crippen molar-refractivity contribution in [3.8, 4) is 22.8 Å². The van der Waals surface area contributed by atoms with Crippen LogP contribution in [0.2, 0.25) is 0 Å². The molecular weight excluding hydrogens is 394 g/mol. The van der Waals surface area contributed by atoms with Crippen molar-refractivity contribution in [1.82, 2.24) is 15.0 Å². The molecule has 0 radical (unpaired) electrons. The van der Waals surface area contributed by atoms with E-state index in [1.807, 2.05) is 62.4 Å². The molecule has 148 valence electrons. The number of pyridine rings is 3. The fourth-order valence-corrected chi connectivity index (χ4v) is 3.78. The lowest BCUT2D eigenvalue weighted by molar-refractivity contribution is 0.0702. The molecule has 0 amide bonds. The van der Waals surface area contributed by atoms with Gasteiger partial charge in [0, 0.05) is 17.3 Å². The van der Waals surface area contributed by atoms with Gasteiger partial charge < -0.3 is 5.11 Å². The molecule has 5 nitrogen and oxygen atoms in total. The van der Waals surface area contributed by atoms with Crippen LogP contribution in [0.1, 0.15) is 31.2 Å². The normalized spacial score (nSPS) is 11.1. The number of aryl methyl sites for hydroxylation is 2. The molecule has 0 saturated carbocycles. The van der Waals surface area contributed by atoms with Crippen molar-refractivity contribution in [3.63, 3.8) is 0 Å². The minimum atomic E-state index is -0.907. The Morgan fingerprint density at radius 3 is 2.17 bits per heavy atom. The molecule has 0 atom stereocenters. The van der Waals surface area contributed by atoms with Crippen LogP contribution in [0.4, 0.5) is 0 Å². The van der Waals surface area contributed by atoms with Crippen LogP contribution in [-0.4, -0.2) is 26.0 Å². The average Bonchev–Trinajstić information content (AvgIpc) is 3.22. The van der Waals surface area contributed by atoms with E-state index < -0.39 is 5.97 Å². The van der Waals surface area contributed by atoms with Crippen LogP contribution < -0.4 is 0 Å². The van der Waals surface area contributed by atoms with Gasteiger partial charge in [0.25, 0.3) is 0 Å². The number of carbonyl (C=O) groups is 1. The first-order valence-electron chi connectivity index (χ1n) is 9.37. The zero-order valence-corrected chi connectivity index (χ0v) is 17.4. The van der Waals surface area contributed by atoms with E-state index in [0.717, 1.165) is 44.3 Å². The molecule has 0 aliphatic carbocycles. The summed E-state index contributed by atoms with van der Waals surface area (Å²) >= 11 is 1.24. The van der Waals surface area contributed by atoms with Crippen molar-refractivity contribution in [2.24, 2.45) is 0 Å². The van der Waals surface area contributed by atoms with E-state index in [1.54, 1.807) is 24.5 Å². The highest BCUT2D eigenvalue weighted by Gasteiger charge is 2.09. The minimum absolute atomic E-state index is 0.325. The van der Waals surface area contributed by atoms with Gasteiger partial charge in [-0.2, -0.15) is 0 Å². The summed E-state index contributed by atoms with van der Waals surface area (Å²) < 4.78 is 0. The second kappa shape index (κ2) is 8.39. The highest BCUT2D eigenvalue weighted by atomic mass is 32.1. The molecule has 4 rings (SSSR count). The number of thiophene rings is 1. The molecule has 1 N–H and O–H groups in total. The van der Waals surface area contributed by atoms with Gasteiger partial charge in [0.15, 0.2) is 0 Å². The number of rotatable bonds is 5. The summed E-state index contributed by atoms with van der Waals surface area (Å²) in [6.45, 7) is 4.07. The highest BCUT2D eigenvalue weighted by Crippen LogP contribution is 2.24. The maximum Gasteiger partial charge on any atom is 0.345 e. The molecule has 0 unspecified atom stereocenters. The van der Waals surface area contributed by atoms with Gasteiger partial charge in [0.05, 0.1) is 22.8 Å². The number of nitrogens with zero attached hydrogens (tertiary/aromatic N) is 3. The van der Waals surface area contributed by atoms with E-state index in [0.29, 0.717) is 4.88 Å². The Labute approximate surface area is 178 Å². The van der Waals surface area contributed by atoms with E-state index >= 15 is 0 Å². The van der Waals surface area contributed by atoms with Gasteiger partial charge in [-0.1, -0.05) is 6.08 Å². The van der Waals surface area contributed by atoms with Crippen LogP contribution in [0.3, 0.4) is 0 Å². The van der Waals surface area contributed by atoms with E-state index in [9.17, 15) is 4.79 Å². The summed E-state index contributed by atoms with van der Waals surface area (Å²) in [4.78, 5) is 26.0. The second-order valence-electron chi connectivity index (χ2n) is 6.95. The molecule has 0 aliphatic heterocycles. The summed E-state index contributed by atoms with van der Waals surface area (Å²) in [6.07, 6.45) is 7.39. The standard InChI is InChI=1S/C24H19N3O2S/c1-15-7-9-25-19(11-15)21-12-16(2)13-22(27-21)20-14-17(8-10-26-20)3-4-18-5-6-23(30-18)24(28)29/h3-14H,1-2H3,(H,28,29). The first-order valence-corrected chi connectivity index (χ1v) is 10.2.